The van der Waals surface area contributed by atoms with Gasteiger partial charge in [0.15, 0.2) is 0 Å². The minimum atomic E-state index is -0.175. The van der Waals surface area contributed by atoms with Crippen molar-refractivity contribution >= 4 is 0 Å². The Morgan fingerprint density at radius 2 is 1.62 bits per heavy atom. The molecule has 21 heavy (non-hydrogen) atoms. The van der Waals surface area contributed by atoms with Crippen LogP contribution in [-0.4, -0.2) is 24.0 Å². The van der Waals surface area contributed by atoms with Crippen LogP contribution < -0.4 is 5.73 Å². The van der Waals surface area contributed by atoms with Crippen molar-refractivity contribution in [1.29, 1.82) is 0 Å². The molecule has 2 aliphatic rings. The zero-order chi connectivity index (χ0) is 14.9. The summed E-state index contributed by atoms with van der Waals surface area (Å²) >= 11 is 0. The van der Waals surface area contributed by atoms with Crippen molar-refractivity contribution in [3.63, 3.8) is 0 Å². The van der Waals surface area contributed by atoms with Crippen LogP contribution in [0.4, 0.5) is 4.39 Å². The SMILES string of the molecule is CC(N)C(c1ccc(F)cc1)N1CCC2(CCCC2)CC1. The summed E-state index contributed by atoms with van der Waals surface area (Å²) in [6.07, 6.45) is 8.26. The molecule has 0 aromatic heterocycles. The molecule has 1 aromatic rings. The molecule has 0 amide bonds. The smallest absolute Gasteiger partial charge is 0.123 e. The maximum Gasteiger partial charge on any atom is 0.123 e. The van der Waals surface area contributed by atoms with Crippen LogP contribution in [0.15, 0.2) is 24.3 Å². The van der Waals surface area contributed by atoms with E-state index in [2.05, 4.69) is 11.8 Å². The standard InChI is InChI=1S/C18H27FN2/c1-14(20)17(15-4-6-16(19)7-5-15)21-12-10-18(11-13-21)8-2-3-9-18/h4-7,14,17H,2-3,8-13,20H2,1H3. The van der Waals surface area contributed by atoms with Crippen molar-refractivity contribution in [2.45, 2.75) is 57.5 Å². The molecule has 1 aliphatic heterocycles. The minimum absolute atomic E-state index is 0.0630. The normalized spacial score (nSPS) is 25.1. The van der Waals surface area contributed by atoms with Gasteiger partial charge in [-0.1, -0.05) is 25.0 Å². The van der Waals surface area contributed by atoms with Gasteiger partial charge >= 0.3 is 0 Å². The van der Waals surface area contributed by atoms with Crippen LogP contribution in [0.25, 0.3) is 0 Å². The number of nitrogens with two attached hydrogens (primary N) is 1. The molecule has 116 valence electrons. The second-order valence-electron chi connectivity index (χ2n) is 7.10. The third-order valence-corrected chi connectivity index (χ3v) is 5.63. The third-order valence-electron chi connectivity index (χ3n) is 5.63. The van der Waals surface area contributed by atoms with Crippen molar-refractivity contribution in [1.82, 2.24) is 4.90 Å². The average Bonchev–Trinajstić information content (AvgIpc) is 2.92. The minimum Gasteiger partial charge on any atom is -0.326 e. The first-order valence-electron chi connectivity index (χ1n) is 8.35. The van der Waals surface area contributed by atoms with Crippen molar-refractivity contribution in [2.75, 3.05) is 13.1 Å². The predicted molar refractivity (Wildman–Crippen MR) is 84.5 cm³/mol. The first kappa shape index (κ1) is 15.0. The first-order chi connectivity index (χ1) is 10.1. The summed E-state index contributed by atoms with van der Waals surface area (Å²) in [6.45, 7) is 4.32. The van der Waals surface area contributed by atoms with E-state index in [1.807, 2.05) is 12.1 Å². The summed E-state index contributed by atoms with van der Waals surface area (Å²) in [5.41, 5.74) is 8.02. The fraction of sp³-hybridized carbons (Fsp3) is 0.667. The van der Waals surface area contributed by atoms with Crippen LogP contribution in [0.1, 0.15) is 57.1 Å². The second kappa shape index (κ2) is 6.05. The quantitative estimate of drug-likeness (QED) is 0.915. The number of likely N-dealkylation sites (tertiary alicyclic amines) is 1. The van der Waals surface area contributed by atoms with Gasteiger partial charge in [0.1, 0.15) is 5.82 Å². The Morgan fingerprint density at radius 1 is 1.05 bits per heavy atom. The fourth-order valence-corrected chi connectivity index (χ4v) is 4.41. The molecule has 2 nitrogen and oxygen atoms in total. The van der Waals surface area contributed by atoms with Gasteiger partial charge in [-0.15, -0.1) is 0 Å². The Balaban J connectivity index is 1.72. The molecular weight excluding hydrogens is 263 g/mol. The Labute approximate surface area is 127 Å². The van der Waals surface area contributed by atoms with Crippen molar-refractivity contribution in [3.8, 4) is 0 Å². The maximum atomic E-state index is 13.1. The van der Waals surface area contributed by atoms with Gasteiger partial charge in [0, 0.05) is 12.1 Å². The van der Waals surface area contributed by atoms with Crippen molar-refractivity contribution in [2.24, 2.45) is 11.1 Å². The van der Waals surface area contributed by atoms with E-state index in [1.54, 1.807) is 12.1 Å². The zero-order valence-corrected chi connectivity index (χ0v) is 13.0. The number of benzene rings is 1. The molecule has 2 atom stereocenters. The monoisotopic (exact) mass is 290 g/mol. The van der Waals surface area contributed by atoms with E-state index < -0.39 is 0 Å². The van der Waals surface area contributed by atoms with Gasteiger partial charge < -0.3 is 5.73 Å². The van der Waals surface area contributed by atoms with E-state index in [-0.39, 0.29) is 17.9 Å². The Hall–Kier alpha value is -0.930. The fourth-order valence-electron chi connectivity index (χ4n) is 4.41. The topological polar surface area (TPSA) is 29.3 Å². The number of halogens is 1. The molecule has 1 aromatic carbocycles. The van der Waals surface area contributed by atoms with Crippen LogP contribution >= 0.6 is 0 Å². The van der Waals surface area contributed by atoms with E-state index in [0.717, 1.165) is 18.7 Å². The van der Waals surface area contributed by atoms with Gasteiger partial charge in [-0.3, -0.25) is 4.90 Å². The molecule has 1 saturated heterocycles. The second-order valence-corrected chi connectivity index (χ2v) is 7.10. The maximum absolute atomic E-state index is 13.1. The van der Waals surface area contributed by atoms with Crippen LogP contribution in [-0.2, 0) is 0 Å². The summed E-state index contributed by atoms with van der Waals surface area (Å²) < 4.78 is 13.1. The van der Waals surface area contributed by atoms with Crippen LogP contribution in [0.2, 0.25) is 0 Å². The largest absolute Gasteiger partial charge is 0.326 e. The Kier molecular flexibility index (Phi) is 4.32. The molecule has 1 heterocycles. The lowest BCUT2D eigenvalue weighted by atomic mass is 9.76. The number of hydrogen-bond donors (Lipinski definition) is 1. The molecule has 0 radical (unpaired) electrons. The van der Waals surface area contributed by atoms with E-state index >= 15 is 0 Å². The summed E-state index contributed by atoms with van der Waals surface area (Å²) in [5.74, 6) is -0.175. The van der Waals surface area contributed by atoms with Crippen LogP contribution in [0.5, 0.6) is 0 Å². The predicted octanol–water partition coefficient (Wildman–Crippen LogP) is 3.87. The molecule has 2 unspecified atom stereocenters. The highest BCUT2D eigenvalue weighted by Crippen LogP contribution is 2.47. The van der Waals surface area contributed by atoms with E-state index in [9.17, 15) is 4.39 Å². The summed E-state index contributed by atoms with van der Waals surface area (Å²) in [6, 6.07) is 7.16. The molecule has 1 spiro atoms. The van der Waals surface area contributed by atoms with Gasteiger partial charge in [0.25, 0.3) is 0 Å². The average molecular weight is 290 g/mol. The molecule has 3 heteroatoms. The third kappa shape index (κ3) is 3.14. The lowest BCUT2D eigenvalue weighted by Crippen LogP contribution is -2.46. The highest BCUT2D eigenvalue weighted by atomic mass is 19.1. The summed E-state index contributed by atoms with van der Waals surface area (Å²) in [4.78, 5) is 2.52. The zero-order valence-electron chi connectivity index (χ0n) is 13.0. The summed E-state index contributed by atoms with van der Waals surface area (Å²) in [7, 11) is 0. The molecule has 0 bridgehead atoms. The molecule has 2 N–H and O–H groups in total. The first-order valence-corrected chi connectivity index (χ1v) is 8.35. The van der Waals surface area contributed by atoms with Gasteiger partial charge in [0.05, 0.1) is 0 Å². The van der Waals surface area contributed by atoms with Gasteiger partial charge in [-0.05, 0) is 68.8 Å². The van der Waals surface area contributed by atoms with E-state index in [1.165, 1.54) is 38.5 Å². The van der Waals surface area contributed by atoms with Gasteiger partial charge in [0.2, 0.25) is 0 Å². The Bertz CT molecular complexity index is 453. The molecule has 2 fully saturated rings. The van der Waals surface area contributed by atoms with Crippen LogP contribution in [0.3, 0.4) is 0 Å². The van der Waals surface area contributed by atoms with E-state index in [0.29, 0.717) is 5.41 Å². The number of hydrogen-bond acceptors (Lipinski definition) is 2. The molecule has 3 rings (SSSR count). The van der Waals surface area contributed by atoms with Gasteiger partial charge in [-0.25, -0.2) is 4.39 Å². The molecule has 1 aliphatic carbocycles. The lowest BCUT2D eigenvalue weighted by Gasteiger charge is -2.44. The van der Waals surface area contributed by atoms with E-state index in [4.69, 9.17) is 5.73 Å². The van der Waals surface area contributed by atoms with Crippen LogP contribution in [0, 0.1) is 11.2 Å². The number of nitrogens with zero attached hydrogens (tertiary/aromatic N) is 1. The highest BCUT2D eigenvalue weighted by molar-refractivity contribution is 5.21. The number of rotatable bonds is 3. The molecular formula is C18H27FN2. The number of piperidine rings is 1. The van der Waals surface area contributed by atoms with Crippen molar-refractivity contribution in [3.05, 3.63) is 35.6 Å². The Morgan fingerprint density at radius 3 is 2.14 bits per heavy atom. The molecule has 1 saturated carbocycles. The highest BCUT2D eigenvalue weighted by Gasteiger charge is 2.39. The summed E-state index contributed by atoms with van der Waals surface area (Å²) in [5, 5.41) is 0. The van der Waals surface area contributed by atoms with Gasteiger partial charge in [-0.2, -0.15) is 0 Å². The van der Waals surface area contributed by atoms with Crippen molar-refractivity contribution < 1.29 is 4.39 Å². The lowest BCUT2D eigenvalue weighted by molar-refractivity contribution is 0.0677.